The molecular weight excluding hydrogens is 352 g/mol. The van der Waals surface area contributed by atoms with Crippen molar-refractivity contribution < 1.29 is 24.0 Å². The number of benzene rings is 1. The Balaban J connectivity index is 2.78. The lowest BCUT2D eigenvalue weighted by Gasteiger charge is -2.25. The number of nitrogens with one attached hydrogen (secondary N) is 1. The molecule has 0 radical (unpaired) electrons. The van der Waals surface area contributed by atoms with Crippen LogP contribution in [0.1, 0.15) is 53.0 Å². The maximum Gasteiger partial charge on any atom is 0.408 e. The summed E-state index contributed by atoms with van der Waals surface area (Å²) in [4.78, 5) is 35.1. The number of nitro groups is 1. The first-order chi connectivity index (χ1) is 12.6. The minimum atomic E-state index is -0.895. The number of ether oxygens (including phenoxy) is 2. The van der Waals surface area contributed by atoms with Crippen molar-refractivity contribution in [2.45, 2.75) is 65.7 Å². The van der Waals surface area contributed by atoms with Crippen LogP contribution in [0.4, 0.5) is 10.5 Å². The van der Waals surface area contributed by atoms with Crippen LogP contribution >= 0.6 is 0 Å². The van der Waals surface area contributed by atoms with Gasteiger partial charge in [-0.2, -0.15) is 0 Å². The minimum Gasteiger partial charge on any atom is -0.459 e. The summed E-state index contributed by atoms with van der Waals surface area (Å²) in [7, 11) is 0. The van der Waals surface area contributed by atoms with E-state index in [9.17, 15) is 19.7 Å². The standard InChI is InChI=1S/C19H28N2O6/c1-6-19(4,5)27-18(23)20-15(11-13(2)3)17(22)26-12-14-9-7-8-10-16(14)21(24)25/h7-10,13,15H,6,11-12H2,1-5H3,(H,20,23). The van der Waals surface area contributed by atoms with Gasteiger partial charge < -0.3 is 14.8 Å². The summed E-state index contributed by atoms with van der Waals surface area (Å²) in [6, 6.07) is 5.14. The topological polar surface area (TPSA) is 108 Å². The first-order valence-electron chi connectivity index (χ1n) is 8.94. The molecule has 0 aliphatic carbocycles. The Labute approximate surface area is 159 Å². The van der Waals surface area contributed by atoms with Gasteiger partial charge in [-0.25, -0.2) is 9.59 Å². The van der Waals surface area contributed by atoms with E-state index in [0.29, 0.717) is 12.8 Å². The Morgan fingerprint density at radius 1 is 1.26 bits per heavy atom. The summed E-state index contributed by atoms with van der Waals surface area (Å²) < 4.78 is 10.5. The van der Waals surface area contributed by atoms with E-state index in [-0.39, 0.29) is 23.8 Å². The van der Waals surface area contributed by atoms with E-state index in [1.54, 1.807) is 19.9 Å². The fraction of sp³-hybridized carbons (Fsp3) is 0.579. The SMILES string of the molecule is CCC(C)(C)OC(=O)NC(CC(C)C)C(=O)OCc1ccccc1[N+](=O)[O-]. The number of hydrogen-bond acceptors (Lipinski definition) is 6. The molecule has 0 heterocycles. The summed E-state index contributed by atoms with van der Waals surface area (Å²) in [6.07, 6.45) is 0.282. The Hall–Kier alpha value is -2.64. The van der Waals surface area contributed by atoms with Crippen molar-refractivity contribution in [3.05, 3.63) is 39.9 Å². The first-order valence-corrected chi connectivity index (χ1v) is 8.94. The van der Waals surface area contributed by atoms with Crippen LogP contribution in [0.2, 0.25) is 0 Å². The lowest BCUT2D eigenvalue weighted by molar-refractivity contribution is -0.385. The maximum atomic E-state index is 12.4. The number of alkyl carbamates (subject to hydrolysis) is 1. The van der Waals surface area contributed by atoms with Gasteiger partial charge in [0.25, 0.3) is 5.69 Å². The van der Waals surface area contributed by atoms with Gasteiger partial charge in [-0.05, 0) is 38.7 Å². The van der Waals surface area contributed by atoms with Gasteiger partial charge in [0.1, 0.15) is 18.2 Å². The highest BCUT2D eigenvalue weighted by Gasteiger charge is 2.28. The summed E-state index contributed by atoms with van der Waals surface area (Å²) in [5.41, 5.74) is -0.488. The number of nitrogens with zero attached hydrogens (tertiary/aromatic N) is 1. The van der Waals surface area contributed by atoms with Crippen LogP contribution in [0.15, 0.2) is 24.3 Å². The minimum absolute atomic E-state index is 0.119. The quantitative estimate of drug-likeness (QED) is 0.394. The van der Waals surface area contributed by atoms with Crippen LogP contribution in [0.5, 0.6) is 0 Å². The summed E-state index contributed by atoms with van der Waals surface area (Å²) in [6.45, 7) is 9.01. The van der Waals surface area contributed by atoms with E-state index in [4.69, 9.17) is 9.47 Å². The largest absolute Gasteiger partial charge is 0.459 e. The molecule has 0 saturated carbocycles. The van der Waals surface area contributed by atoms with E-state index in [1.165, 1.54) is 18.2 Å². The number of esters is 1. The van der Waals surface area contributed by atoms with Crippen LogP contribution < -0.4 is 5.32 Å². The Kier molecular flexibility index (Phi) is 8.21. The number of rotatable bonds is 9. The van der Waals surface area contributed by atoms with Gasteiger partial charge in [-0.1, -0.05) is 32.9 Å². The average molecular weight is 380 g/mol. The molecule has 0 aromatic heterocycles. The highest BCUT2D eigenvalue weighted by molar-refractivity contribution is 5.81. The van der Waals surface area contributed by atoms with E-state index in [2.05, 4.69) is 5.32 Å². The van der Waals surface area contributed by atoms with Crippen LogP contribution in [0, 0.1) is 16.0 Å². The third-order valence-corrected chi connectivity index (χ3v) is 4.06. The predicted octanol–water partition coefficient (Wildman–Crippen LogP) is 3.97. The number of nitro benzene ring substituents is 1. The van der Waals surface area contributed by atoms with Crippen molar-refractivity contribution in [2.75, 3.05) is 0 Å². The van der Waals surface area contributed by atoms with Gasteiger partial charge in [0.2, 0.25) is 0 Å². The van der Waals surface area contributed by atoms with E-state index in [1.807, 2.05) is 20.8 Å². The zero-order valence-electron chi connectivity index (χ0n) is 16.5. The van der Waals surface area contributed by atoms with Crippen LogP contribution in [0.3, 0.4) is 0 Å². The van der Waals surface area contributed by atoms with Crippen molar-refractivity contribution in [3.8, 4) is 0 Å². The first kappa shape index (κ1) is 22.4. The highest BCUT2D eigenvalue weighted by atomic mass is 16.6. The predicted molar refractivity (Wildman–Crippen MR) is 100 cm³/mol. The molecular formula is C19H28N2O6. The fourth-order valence-corrected chi connectivity index (χ4v) is 2.24. The number of hydrogen-bond donors (Lipinski definition) is 1. The molecule has 150 valence electrons. The summed E-state index contributed by atoms with van der Waals surface area (Å²) >= 11 is 0. The number of carbonyl (C=O) groups is 2. The number of para-hydroxylation sites is 1. The number of amides is 1. The molecule has 0 aliphatic rings. The monoisotopic (exact) mass is 380 g/mol. The van der Waals surface area contributed by atoms with Crippen molar-refractivity contribution in [3.63, 3.8) is 0 Å². The zero-order valence-corrected chi connectivity index (χ0v) is 16.5. The van der Waals surface area contributed by atoms with E-state index >= 15 is 0 Å². The molecule has 1 N–H and O–H groups in total. The molecule has 1 atom stereocenters. The van der Waals surface area contributed by atoms with Gasteiger partial charge in [0.15, 0.2) is 0 Å². The molecule has 1 amide bonds. The van der Waals surface area contributed by atoms with Crippen molar-refractivity contribution in [2.24, 2.45) is 5.92 Å². The van der Waals surface area contributed by atoms with Crippen LogP contribution in [-0.2, 0) is 20.9 Å². The molecule has 1 aromatic rings. The normalized spacial score (nSPS) is 12.4. The second-order valence-corrected chi connectivity index (χ2v) is 7.32. The van der Waals surface area contributed by atoms with Crippen LogP contribution in [0.25, 0.3) is 0 Å². The lowest BCUT2D eigenvalue weighted by Crippen LogP contribution is -2.45. The van der Waals surface area contributed by atoms with Crippen molar-refractivity contribution >= 4 is 17.7 Å². The molecule has 0 aliphatic heterocycles. The van der Waals surface area contributed by atoms with Crippen molar-refractivity contribution in [1.29, 1.82) is 0 Å². The Morgan fingerprint density at radius 3 is 2.44 bits per heavy atom. The molecule has 27 heavy (non-hydrogen) atoms. The lowest BCUT2D eigenvalue weighted by atomic mass is 10.0. The molecule has 8 nitrogen and oxygen atoms in total. The molecule has 8 heteroatoms. The molecule has 1 aromatic carbocycles. The average Bonchev–Trinajstić information content (AvgIpc) is 2.58. The maximum absolute atomic E-state index is 12.4. The fourth-order valence-electron chi connectivity index (χ4n) is 2.24. The second-order valence-electron chi connectivity index (χ2n) is 7.32. The van der Waals surface area contributed by atoms with E-state index in [0.717, 1.165) is 0 Å². The molecule has 0 bridgehead atoms. The Morgan fingerprint density at radius 2 is 1.89 bits per heavy atom. The van der Waals surface area contributed by atoms with E-state index < -0.39 is 28.6 Å². The molecule has 0 fully saturated rings. The highest BCUT2D eigenvalue weighted by Crippen LogP contribution is 2.19. The summed E-state index contributed by atoms with van der Waals surface area (Å²) in [5.74, 6) is -0.541. The zero-order chi connectivity index (χ0) is 20.6. The smallest absolute Gasteiger partial charge is 0.408 e. The Bertz CT molecular complexity index is 672. The van der Waals surface area contributed by atoms with Gasteiger partial charge >= 0.3 is 12.1 Å². The molecule has 0 spiro atoms. The molecule has 1 unspecified atom stereocenters. The third-order valence-electron chi connectivity index (χ3n) is 4.06. The third kappa shape index (κ3) is 7.64. The van der Waals surface area contributed by atoms with Crippen LogP contribution in [-0.4, -0.2) is 28.6 Å². The molecule has 1 rings (SSSR count). The molecule has 0 saturated heterocycles. The van der Waals surface area contributed by atoms with Gasteiger partial charge in [-0.15, -0.1) is 0 Å². The van der Waals surface area contributed by atoms with Gasteiger partial charge in [0.05, 0.1) is 10.5 Å². The van der Waals surface area contributed by atoms with Gasteiger partial charge in [-0.3, -0.25) is 10.1 Å². The number of carbonyl (C=O) groups excluding carboxylic acids is 2. The summed E-state index contributed by atoms with van der Waals surface area (Å²) in [5, 5.41) is 13.6. The van der Waals surface area contributed by atoms with Gasteiger partial charge in [0, 0.05) is 6.07 Å². The second kappa shape index (κ2) is 9.89. The van der Waals surface area contributed by atoms with Crippen molar-refractivity contribution in [1.82, 2.24) is 5.32 Å².